The van der Waals surface area contributed by atoms with E-state index >= 15 is 0 Å². The van der Waals surface area contributed by atoms with Crippen LogP contribution in [0.3, 0.4) is 0 Å². The van der Waals surface area contributed by atoms with E-state index in [1.807, 2.05) is 19.1 Å². The lowest BCUT2D eigenvalue weighted by molar-refractivity contribution is -0.120. The van der Waals surface area contributed by atoms with Crippen LogP contribution in [0.1, 0.15) is 41.5 Å². The minimum atomic E-state index is -2.42. The van der Waals surface area contributed by atoms with Crippen LogP contribution in [0.15, 0.2) is 60.4 Å². The fraction of sp³-hybridized carbons (Fsp3) is 0.259. The Hall–Kier alpha value is -3.52. The van der Waals surface area contributed by atoms with Gasteiger partial charge in [-0.1, -0.05) is 17.7 Å². The smallest absolute Gasteiger partial charge is 0.281 e. The van der Waals surface area contributed by atoms with E-state index in [0.29, 0.717) is 30.2 Å². The number of pyridine rings is 1. The Morgan fingerprint density at radius 2 is 1.84 bits per heavy atom. The van der Waals surface area contributed by atoms with E-state index in [1.165, 1.54) is 26.4 Å². The summed E-state index contributed by atoms with van der Waals surface area (Å²) < 4.78 is 25.2. The lowest BCUT2D eigenvalue weighted by Gasteiger charge is -2.19. The second-order valence-corrected chi connectivity index (χ2v) is 9.54. The molecule has 1 heterocycles. The van der Waals surface area contributed by atoms with Crippen LogP contribution in [0.2, 0.25) is 0 Å². The molecule has 3 aromatic rings. The molecular formula is C27H29FN3O5P. The van der Waals surface area contributed by atoms with Crippen molar-refractivity contribution in [2.45, 2.75) is 32.2 Å². The van der Waals surface area contributed by atoms with E-state index in [1.54, 1.807) is 30.6 Å². The van der Waals surface area contributed by atoms with E-state index < -0.39 is 8.53 Å². The number of fused-ring (bicyclic) bond motifs is 1. The van der Waals surface area contributed by atoms with Gasteiger partial charge in [-0.2, -0.15) is 0 Å². The van der Waals surface area contributed by atoms with Gasteiger partial charge in [0, 0.05) is 24.9 Å². The zero-order valence-corrected chi connectivity index (χ0v) is 21.7. The summed E-state index contributed by atoms with van der Waals surface area (Å²) in [6, 6.07) is 12.0. The molecule has 0 spiro atoms. The van der Waals surface area contributed by atoms with Gasteiger partial charge in [0.15, 0.2) is 0 Å². The Morgan fingerprint density at radius 1 is 1.11 bits per heavy atom. The quantitative estimate of drug-likeness (QED) is 0.284. The summed E-state index contributed by atoms with van der Waals surface area (Å²) in [5.74, 6) is 0.205. The Kier molecular flexibility index (Phi) is 8.38. The molecule has 0 radical (unpaired) electrons. The van der Waals surface area contributed by atoms with Crippen molar-refractivity contribution in [3.8, 4) is 11.5 Å². The molecule has 1 aliphatic rings. The summed E-state index contributed by atoms with van der Waals surface area (Å²) in [5, 5.41) is 5.50. The molecule has 4 N–H and O–H groups in total. The first kappa shape index (κ1) is 26.5. The van der Waals surface area contributed by atoms with Crippen molar-refractivity contribution in [1.82, 2.24) is 10.3 Å². The number of amides is 1. The number of nitrogens with one attached hydrogen (secondary N) is 2. The zero-order chi connectivity index (χ0) is 26.5. The summed E-state index contributed by atoms with van der Waals surface area (Å²) in [4.78, 5) is 35.8. The SMILES string of the molecule is COc1cc(CC2C(C)=C(CC(=O)NCc3cccnc3)c3cc(F)ccc32)cc(OC)c1NP(O)O. The topological polar surface area (TPSA) is 113 Å². The second kappa shape index (κ2) is 11.7. The maximum Gasteiger partial charge on any atom is 0.281 e. The van der Waals surface area contributed by atoms with E-state index in [0.717, 1.165) is 33.4 Å². The molecule has 0 saturated heterocycles. The molecule has 1 aromatic heterocycles. The third-order valence-corrected chi connectivity index (χ3v) is 6.91. The molecule has 0 fully saturated rings. The second-order valence-electron chi connectivity index (χ2n) is 8.74. The standard InChI is InChI=1S/C27H29FN3O5P/c1-16-21(9-18-10-24(35-2)27(31-37(33)34)25(11-18)36-3)20-7-6-19(28)12-23(20)22(16)13-26(32)30-15-17-5-4-8-29-14-17/h4-8,10-12,14,21,31,33-34H,9,13,15H2,1-3H3,(H,30,32). The molecule has 0 saturated carbocycles. The zero-order valence-electron chi connectivity index (χ0n) is 20.8. The van der Waals surface area contributed by atoms with E-state index in [9.17, 15) is 19.0 Å². The normalized spacial score (nSPS) is 14.5. The van der Waals surface area contributed by atoms with Crippen molar-refractivity contribution in [3.63, 3.8) is 0 Å². The van der Waals surface area contributed by atoms with Crippen molar-refractivity contribution in [2.75, 3.05) is 19.3 Å². The molecule has 8 nitrogen and oxygen atoms in total. The number of halogens is 1. The number of carbonyl (C=O) groups excluding carboxylic acids is 1. The van der Waals surface area contributed by atoms with Crippen LogP contribution in [0.5, 0.6) is 11.5 Å². The number of ether oxygens (including phenoxy) is 2. The summed E-state index contributed by atoms with van der Waals surface area (Å²) in [6.45, 7) is 2.34. The van der Waals surface area contributed by atoms with Crippen molar-refractivity contribution in [1.29, 1.82) is 0 Å². The molecule has 1 aliphatic carbocycles. The molecule has 4 rings (SSSR count). The maximum absolute atomic E-state index is 14.3. The van der Waals surface area contributed by atoms with Crippen LogP contribution in [-0.4, -0.2) is 34.9 Å². The first-order chi connectivity index (χ1) is 17.8. The van der Waals surface area contributed by atoms with Crippen molar-refractivity contribution in [3.05, 3.63) is 88.5 Å². The van der Waals surface area contributed by atoms with Crippen LogP contribution in [0.25, 0.3) is 5.57 Å². The highest BCUT2D eigenvalue weighted by Gasteiger charge is 2.31. The number of hydrogen-bond acceptors (Lipinski definition) is 7. The first-order valence-corrected chi connectivity index (χ1v) is 12.9. The highest BCUT2D eigenvalue weighted by Crippen LogP contribution is 2.47. The van der Waals surface area contributed by atoms with Crippen molar-refractivity contribution >= 4 is 25.7 Å². The summed E-state index contributed by atoms with van der Waals surface area (Å²) >= 11 is 0. The van der Waals surface area contributed by atoms with Gasteiger partial charge >= 0.3 is 0 Å². The molecule has 1 atom stereocenters. The summed E-state index contributed by atoms with van der Waals surface area (Å²) in [7, 11) is 0.560. The van der Waals surface area contributed by atoms with Gasteiger partial charge in [0.2, 0.25) is 5.91 Å². The number of carbonyl (C=O) groups is 1. The van der Waals surface area contributed by atoms with Gasteiger partial charge in [-0.05, 0) is 71.5 Å². The van der Waals surface area contributed by atoms with Crippen LogP contribution < -0.4 is 19.9 Å². The Bertz CT molecular complexity index is 1290. The molecule has 10 heteroatoms. The Balaban J connectivity index is 1.61. The van der Waals surface area contributed by atoms with Crippen molar-refractivity contribution < 1.29 is 28.4 Å². The molecule has 1 amide bonds. The van der Waals surface area contributed by atoms with Crippen LogP contribution >= 0.6 is 8.53 Å². The fourth-order valence-corrected chi connectivity index (χ4v) is 5.12. The summed E-state index contributed by atoms with van der Waals surface area (Å²) in [6.07, 6.45) is 4.05. The average Bonchev–Trinajstić information content (AvgIpc) is 3.13. The number of methoxy groups -OCH3 is 2. The number of allylic oxidation sites excluding steroid dienone is 1. The Labute approximate surface area is 216 Å². The number of nitrogens with zero attached hydrogens (tertiary/aromatic N) is 1. The molecule has 194 valence electrons. The number of hydrogen-bond donors (Lipinski definition) is 4. The fourth-order valence-electron chi connectivity index (χ4n) is 4.70. The number of anilines is 1. The van der Waals surface area contributed by atoms with Crippen molar-refractivity contribution in [2.24, 2.45) is 0 Å². The van der Waals surface area contributed by atoms with Gasteiger partial charge in [-0.3, -0.25) is 9.78 Å². The van der Waals surface area contributed by atoms with E-state index in [2.05, 4.69) is 15.4 Å². The lowest BCUT2D eigenvalue weighted by atomic mass is 9.89. The average molecular weight is 526 g/mol. The molecule has 0 bridgehead atoms. The van der Waals surface area contributed by atoms with Gasteiger partial charge in [-0.25, -0.2) is 4.39 Å². The van der Waals surface area contributed by atoms with E-state index in [4.69, 9.17) is 9.47 Å². The minimum absolute atomic E-state index is 0.0854. The van der Waals surface area contributed by atoms with Gasteiger partial charge in [0.1, 0.15) is 23.0 Å². The van der Waals surface area contributed by atoms with Crippen LogP contribution in [0, 0.1) is 5.82 Å². The maximum atomic E-state index is 14.3. The molecule has 1 unspecified atom stereocenters. The third-order valence-electron chi connectivity index (χ3n) is 6.48. The van der Waals surface area contributed by atoms with Gasteiger partial charge in [-0.15, -0.1) is 0 Å². The molecule has 0 aliphatic heterocycles. The first-order valence-electron chi connectivity index (χ1n) is 11.6. The minimum Gasteiger partial charge on any atom is -0.494 e. The monoisotopic (exact) mass is 525 g/mol. The molecular weight excluding hydrogens is 496 g/mol. The number of rotatable bonds is 10. The highest BCUT2D eigenvalue weighted by molar-refractivity contribution is 7.46. The largest absolute Gasteiger partial charge is 0.494 e. The predicted molar refractivity (Wildman–Crippen MR) is 141 cm³/mol. The molecule has 37 heavy (non-hydrogen) atoms. The van der Waals surface area contributed by atoms with Gasteiger partial charge in [0.25, 0.3) is 8.53 Å². The molecule has 2 aromatic carbocycles. The van der Waals surface area contributed by atoms with Gasteiger partial charge in [0.05, 0.1) is 20.6 Å². The van der Waals surface area contributed by atoms with Gasteiger partial charge < -0.3 is 29.7 Å². The Morgan fingerprint density at radius 3 is 2.46 bits per heavy atom. The predicted octanol–water partition coefficient (Wildman–Crippen LogP) is 4.68. The third kappa shape index (κ3) is 6.07. The van der Waals surface area contributed by atoms with Crippen LogP contribution in [0.4, 0.5) is 10.1 Å². The van der Waals surface area contributed by atoms with E-state index in [-0.39, 0.29) is 24.1 Å². The summed E-state index contributed by atoms with van der Waals surface area (Å²) in [5.41, 5.74) is 5.61. The lowest BCUT2D eigenvalue weighted by Crippen LogP contribution is -2.22. The number of aromatic nitrogens is 1. The highest BCUT2D eigenvalue weighted by atomic mass is 31.2. The number of benzene rings is 2. The van der Waals surface area contributed by atoms with Crippen LogP contribution in [-0.2, 0) is 17.8 Å².